The lowest BCUT2D eigenvalue weighted by Gasteiger charge is -2.09. The van der Waals surface area contributed by atoms with E-state index in [1.807, 2.05) is 0 Å². The Hall–Kier alpha value is -1.43. The van der Waals surface area contributed by atoms with Crippen LogP contribution in [-0.4, -0.2) is 28.6 Å². The van der Waals surface area contributed by atoms with Crippen molar-refractivity contribution in [3.8, 4) is 0 Å². The predicted octanol–water partition coefficient (Wildman–Crippen LogP) is 0.554. The highest BCUT2D eigenvalue weighted by Crippen LogP contribution is 1.99. The fourth-order valence-electron chi connectivity index (χ4n) is 1.53. The highest BCUT2D eigenvalue weighted by atomic mass is 16.5. The van der Waals surface area contributed by atoms with Gasteiger partial charge in [0.15, 0.2) is 5.82 Å². The maximum Gasteiger partial charge on any atom is 0.228 e. The first-order valence-corrected chi connectivity index (χ1v) is 5.93. The number of hydrogen-bond donors (Lipinski definition) is 2. The van der Waals surface area contributed by atoms with Gasteiger partial charge in [0, 0.05) is 25.4 Å². The summed E-state index contributed by atoms with van der Waals surface area (Å²) in [6.07, 6.45) is 2.79. The van der Waals surface area contributed by atoms with Crippen LogP contribution >= 0.6 is 0 Å². The molecule has 0 aliphatic rings. The Bertz CT molecular complexity index is 351. The first-order chi connectivity index (χ1) is 8.11. The molecule has 0 aliphatic heterocycles. The third-order valence-electron chi connectivity index (χ3n) is 2.34. The number of carbonyl (C=O) groups excluding carboxylic acids is 1. The maximum absolute atomic E-state index is 11.5. The van der Waals surface area contributed by atoms with Crippen LogP contribution in [0.15, 0.2) is 4.52 Å². The fraction of sp³-hybridized carbons (Fsp3) is 0.727. The molecule has 1 aromatic rings. The average molecular weight is 240 g/mol. The largest absolute Gasteiger partial charge is 0.356 e. The molecule has 0 fully saturated rings. The second-order valence-corrected chi connectivity index (χ2v) is 4.09. The normalized spacial score (nSPS) is 12.4. The van der Waals surface area contributed by atoms with Gasteiger partial charge in [0.05, 0.1) is 0 Å². The molecule has 1 aromatic heterocycles. The van der Waals surface area contributed by atoms with E-state index in [2.05, 4.69) is 22.4 Å². The zero-order chi connectivity index (χ0) is 12.7. The van der Waals surface area contributed by atoms with Crippen LogP contribution < -0.4 is 11.1 Å². The van der Waals surface area contributed by atoms with E-state index in [4.69, 9.17) is 10.3 Å². The molecule has 1 unspecified atom stereocenters. The molecule has 17 heavy (non-hydrogen) atoms. The molecule has 1 amide bonds. The molecule has 0 radical (unpaired) electrons. The molecule has 6 nitrogen and oxygen atoms in total. The van der Waals surface area contributed by atoms with E-state index in [9.17, 15) is 4.79 Å². The fourth-order valence-corrected chi connectivity index (χ4v) is 1.53. The van der Waals surface area contributed by atoms with Gasteiger partial charge in [-0.2, -0.15) is 4.98 Å². The van der Waals surface area contributed by atoms with Crippen LogP contribution in [0.4, 0.5) is 0 Å². The van der Waals surface area contributed by atoms with Gasteiger partial charge in [-0.1, -0.05) is 18.5 Å². The van der Waals surface area contributed by atoms with Crippen molar-refractivity contribution in [3.05, 3.63) is 11.7 Å². The Morgan fingerprint density at radius 3 is 2.94 bits per heavy atom. The molecule has 96 valence electrons. The van der Waals surface area contributed by atoms with Crippen LogP contribution in [-0.2, 0) is 11.2 Å². The number of aryl methyl sites for hydroxylation is 1. The minimum atomic E-state index is -0.0503. The van der Waals surface area contributed by atoms with Crippen LogP contribution in [0.1, 0.15) is 37.9 Å². The van der Waals surface area contributed by atoms with Gasteiger partial charge in [-0.3, -0.25) is 4.79 Å². The summed E-state index contributed by atoms with van der Waals surface area (Å²) in [7, 11) is 0. The van der Waals surface area contributed by atoms with E-state index in [0.717, 1.165) is 12.8 Å². The minimum absolute atomic E-state index is 0.0258. The second kappa shape index (κ2) is 7.01. The van der Waals surface area contributed by atoms with Gasteiger partial charge >= 0.3 is 0 Å². The number of nitrogens with zero attached hydrogens (tertiary/aromatic N) is 2. The first-order valence-electron chi connectivity index (χ1n) is 5.93. The van der Waals surface area contributed by atoms with Gasteiger partial charge in [0.2, 0.25) is 11.8 Å². The van der Waals surface area contributed by atoms with E-state index in [1.54, 1.807) is 6.92 Å². The van der Waals surface area contributed by atoms with E-state index < -0.39 is 0 Å². The highest BCUT2D eigenvalue weighted by molar-refractivity contribution is 5.76. The molecule has 0 aliphatic carbocycles. The Morgan fingerprint density at radius 2 is 2.35 bits per heavy atom. The van der Waals surface area contributed by atoms with Crippen molar-refractivity contribution in [2.24, 2.45) is 5.73 Å². The van der Waals surface area contributed by atoms with Gasteiger partial charge in [-0.05, 0) is 13.3 Å². The summed E-state index contributed by atoms with van der Waals surface area (Å²) in [5, 5.41) is 6.45. The molecule has 0 aromatic carbocycles. The Kier molecular flexibility index (Phi) is 5.62. The Morgan fingerprint density at radius 1 is 1.59 bits per heavy atom. The van der Waals surface area contributed by atoms with Crippen molar-refractivity contribution >= 4 is 5.91 Å². The molecule has 3 N–H and O–H groups in total. The summed E-state index contributed by atoms with van der Waals surface area (Å²) in [6, 6.07) is -0.0503. The van der Waals surface area contributed by atoms with E-state index >= 15 is 0 Å². The molecule has 0 bridgehead atoms. The lowest BCUT2D eigenvalue weighted by molar-refractivity contribution is -0.121. The smallest absolute Gasteiger partial charge is 0.228 e. The number of carbonyl (C=O) groups is 1. The highest BCUT2D eigenvalue weighted by Gasteiger charge is 2.09. The van der Waals surface area contributed by atoms with Crippen molar-refractivity contribution in [2.45, 2.75) is 45.6 Å². The van der Waals surface area contributed by atoms with Crippen molar-refractivity contribution < 1.29 is 9.32 Å². The lowest BCUT2D eigenvalue weighted by atomic mass is 10.1. The van der Waals surface area contributed by atoms with E-state index in [1.165, 1.54) is 0 Å². The molecule has 0 saturated carbocycles. The molecule has 1 rings (SSSR count). The topological polar surface area (TPSA) is 94.0 Å². The standard InChI is InChI=1S/C11H20N4O2/c1-3-4-9(12)7-10(16)13-6-5-11-14-8(2)15-17-11/h9H,3-7,12H2,1-2H3,(H,13,16). The zero-order valence-electron chi connectivity index (χ0n) is 10.4. The first kappa shape index (κ1) is 13.6. The van der Waals surface area contributed by atoms with Crippen molar-refractivity contribution in [3.63, 3.8) is 0 Å². The van der Waals surface area contributed by atoms with Crippen molar-refractivity contribution in [1.29, 1.82) is 0 Å². The van der Waals surface area contributed by atoms with Crippen molar-refractivity contribution in [2.75, 3.05) is 6.54 Å². The summed E-state index contributed by atoms with van der Waals surface area (Å²) in [4.78, 5) is 15.5. The summed E-state index contributed by atoms with van der Waals surface area (Å²) in [5.41, 5.74) is 5.77. The number of aromatic nitrogens is 2. The maximum atomic E-state index is 11.5. The summed E-state index contributed by atoms with van der Waals surface area (Å²) in [6.45, 7) is 4.31. The zero-order valence-corrected chi connectivity index (χ0v) is 10.4. The van der Waals surface area contributed by atoms with Crippen LogP contribution in [0.5, 0.6) is 0 Å². The van der Waals surface area contributed by atoms with Crippen molar-refractivity contribution in [1.82, 2.24) is 15.5 Å². The predicted molar refractivity (Wildman–Crippen MR) is 63.2 cm³/mol. The molecule has 6 heteroatoms. The number of amides is 1. The molecular weight excluding hydrogens is 220 g/mol. The van der Waals surface area contributed by atoms with Gasteiger partial charge < -0.3 is 15.6 Å². The van der Waals surface area contributed by atoms with Gasteiger partial charge in [-0.15, -0.1) is 0 Å². The summed E-state index contributed by atoms with van der Waals surface area (Å²) >= 11 is 0. The number of nitrogens with one attached hydrogen (secondary N) is 1. The molecule has 0 saturated heterocycles. The summed E-state index contributed by atoms with van der Waals surface area (Å²) < 4.78 is 4.93. The van der Waals surface area contributed by atoms with Gasteiger partial charge in [-0.25, -0.2) is 0 Å². The molecule has 1 heterocycles. The van der Waals surface area contributed by atoms with Gasteiger partial charge in [0.25, 0.3) is 0 Å². The van der Waals surface area contributed by atoms with Crippen LogP contribution in [0.2, 0.25) is 0 Å². The third-order valence-corrected chi connectivity index (χ3v) is 2.34. The average Bonchev–Trinajstić information content (AvgIpc) is 2.64. The summed E-state index contributed by atoms with van der Waals surface area (Å²) in [5.74, 6) is 1.12. The van der Waals surface area contributed by atoms with Crippen LogP contribution in [0, 0.1) is 6.92 Å². The monoisotopic (exact) mass is 240 g/mol. The third kappa shape index (κ3) is 5.44. The molecule has 1 atom stereocenters. The molecule has 0 spiro atoms. The van der Waals surface area contributed by atoms with E-state index in [0.29, 0.717) is 31.1 Å². The van der Waals surface area contributed by atoms with Gasteiger partial charge in [0.1, 0.15) is 0 Å². The van der Waals surface area contributed by atoms with Crippen LogP contribution in [0.25, 0.3) is 0 Å². The SMILES string of the molecule is CCCC(N)CC(=O)NCCc1nc(C)no1. The Labute approximate surface area is 101 Å². The quantitative estimate of drug-likeness (QED) is 0.726. The number of nitrogens with two attached hydrogens (primary N) is 1. The van der Waals surface area contributed by atoms with E-state index in [-0.39, 0.29) is 11.9 Å². The minimum Gasteiger partial charge on any atom is -0.356 e. The lowest BCUT2D eigenvalue weighted by Crippen LogP contribution is -2.32. The molecular formula is C11H20N4O2. The second-order valence-electron chi connectivity index (χ2n) is 4.09. The Balaban J connectivity index is 2.16. The number of hydrogen-bond acceptors (Lipinski definition) is 5. The number of rotatable bonds is 7. The van der Waals surface area contributed by atoms with Crippen LogP contribution in [0.3, 0.4) is 0 Å².